The van der Waals surface area contributed by atoms with E-state index in [9.17, 15) is 14.3 Å². The molecule has 3 aliphatic rings. The van der Waals surface area contributed by atoms with Crippen LogP contribution in [-0.4, -0.2) is 26.3 Å². The van der Waals surface area contributed by atoms with Gasteiger partial charge in [0.15, 0.2) is 5.78 Å². The topological polar surface area (TPSA) is 55.1 Å². The Labute approximate surface area is 209 Å². The van der Waals surface area contributed by atoms with Gasteiger partial charge in [0.1, 0.15) is 12.4 Å². The predicted octanol–water partition coefficient (Wildman–Crippen LogP) is 6.93. The second-order valence-electron chi connectivity index (χ2n) is 12.6. The summed E-state index contributed by atoms with van der Waals surface area (Å²) in [6, 6.07) is 4.63. The van der Waals surface area contributed by atoms with Gasteiger partial charge in [-0.25, -0.2) is 4.39 Å². The molecule has 0 bridgehead atoms. The molecule has 2 aromatic rings. The quantitative estimate of drug-likeness (QED) is 0.465. The minimum absolute atomic E-state index is 0.0618. The first-order valence-electron chi connectivity index (χ1n) is 14.1. The van der Waals surface area contributed by atoms with Crippen molar-refractivity contribution in [3.8, 4) is 0 Å². The normalized spacial score (nSPS) is 35.9. The number of rotatable bonds is 7. The van der Waals surface area contributed by atoms with Crippen LogP contribution in [0.3, 0.4) is 0 Å². The second-order valence-corrected chi connectivity index (χ2v) is 12.6. The maximum Gasteiger partial charge on any atom is 0.157 e. The smallest absolute Gasteiger partial charge is 0.157 e. The average molecular weight is 483 g/mol. The Bertz CT molecular complexity index is 1060. The lowest BCUT2D eigenvalue weighted by atomic mass is 9.46. The van der Waals surface area contributed by atoms with Gasteiger partial charge in [-0.15, -0.1) is 0 Å². The van der Waals surface area contributed by atoms with Gasteiger partial charge >= 0.3 is 0 Å². The SMILES string of the molecule is CC[C@H](CC[C@@H]1CCC[C@H]2[C@H]1CC[C@@H]1C[C@](C)(O)CC[C@@]12C)C(=O)Cn1ncc2cc(F)ccc21. The number of aliphatic hydroxyl groups is 1. The van der Waals surface area contributed by atoms with Gasteiger partial charge in [0.05, 0.1) is 17.3 Å². The molecule has 0 spiro atoms. The Balaban J connectivity index is 1.22. The Morgan fingerprint density at radius 2 is 2.06 bits per heavy atom. The molecule has 0 aliphatic heterocycles. The number of hydrogen-bond donors (Lipinski definition) is 1. The van der Waals surface area contributed by atoms with E-state index in [0.29, 0.717) is 11.3 Å². The van der Waals surface area contributed by atoms with Gasteiger partial charge in [0.2, 0.25) is 0 Å². The highest BCUT2D eigenvalue weighted by Crippen LogP contribution is 2.61. The molecule has 0 radical (unpaired) electrons. The first-order chi connectivity index (χ1) is 16.7. The zero-order valence-corrected chi connectivity index (χ0v) is 21.8. The van der Waals surface area contributed by atoms with E-state index in [1.54, 1.807) is 16.9 Å². The van der Waals surface area contributed by atoms with Gasteiger partial charge in [0, 0.05) is 11.3 Å². The lowest BCUT2D eigenvalue weighted by Gasteiger charge is -2.59. The zero-order chi connectivity index (χ0) is 24.8. The van der Waals surface area contributed by atoms with Crippen LogP contribution in [0, 0.1) is 40.8 Å². The largest absolute Gasteiger partial charge is 0.390 e. The van der Waals surface area contributed by atoms with E-state index in [0.717, 1.165) is 67.2 Å². The average Bonchev–Trinajstić information content (AvgIpc) is 3.21. The van der Waals surface area contributed by atoms with Gasteiger partial charge in [-0.3, -0.25) is 9.48 Å². The maximum absolute atomic E-state index is 13.5. The number of nitrogens with zero attached hydrogens (tertiary/aromatic N) is 2. The molecule has 1 heterocycles. The summed E-state index contributed by atoms with van der Waals surface area (Å²) in [4.78, 5) is 13.2. The molecule has 3 aliphatic carbocycles. The van der Waals surface area contributed by atoms with Gasteiger partial charge in [-0.05, 0) is 112 Å². The number of carbonyl (C=O) groups excluding carboxylic acids is 1. The fraction of sp³-hybridized carbons (Fsp3) is 0.733. The van der Waals surface area contributed by atoms with E-state index >= 15 is 0 Å². The van der Waals surface area contributed by atoms with E-state index in [1.807, 2.05) is 6.92 Å². The molecule has 1 aromatic carbocycles. The molecule has 0 amide bonds. The fourth-order valence-electron chi connectivity index (χ4n) is 8.36. The molecule has 0 saturated heterocycles. The summed E-state index contributed by atoms with van der Waals surface area (Å²) in [5.41, 5.74) is 0.722. The van der Waals surface area contributed by atoms with Crippen molar-refractivity contribution in [2.45, 2.75) is 104 Å². The molecule has 1 aromatic heterocycles. The highest BCUT2D eigenvalue weighted by molar-refractivity contribution is 5.84. The molecule has 4 nitrogen and oxygen atoms in total. The summed E-state index contributed by atoms with van der Waals surface area (Å²) in [6.07, 6.45) is 14.2. The van der Waals surface area contributed by atoms with Crippen LogP contribution < -0.4 is 0 Å². The summed E-state index contributed by atoms with van der Waals surface area (Å²) >= 11 is 0. The second kappa shape index (κ2) is 9.61. The summed E-state index contributed by atoms with van der Waals surface area (Å²) in [5.74, 6) is 2.99. The summed E-state index contributed by atoms with van der Waals surface area (Å²) in [7, 11) is 0. The lowest BCUT2D eigenvalue weighted by molar-refractivity contribution is -0.129. The molecule has 1 N–H and O–H groups in total. The zero-order valence-electron chi connectivity index (χ0n) is 21.8. The number of Topliss-reactive ketones (excluding diaryl/α,β-unsaturated/α-hetero) is 1. The highest BCUT2D eigenvalue weighted by atomic mass is 19.1. The van der Waals surface area contributed by atoms with Crippen LogP contribution in [0.4, 0.5) is 4.39 Å². The van der Waals surface area contributed by atoms with Crippen molar-refractivity contribution in [3.05, 3.63) is 30.2 Å². The van der Waals surface area contributed by atoms with Crippen LogP contribution in [-0.2, 0) is 11.3 Å². The summed E-state index contributed by atoms with van der Waals surface area (Å²) < 4.78 is 15.3. The van der Waals surface area contributed by atoms with Gasteiger partial charge in [-0.1, -0.05) is 26.7 Å². The van der Waals surface area contributed by atoms with E-state index in [-0.39, 0.29) is 24.1 Å². The molecule has 5 rings (SSSR count). The predicted molar refractivity (Wildman–Crippen MR) is 137 cm³/mol. The molecule has 7 atom stereocenters. The minimum atomic E-state index is -0.478. The molecule has 35 heavy (non-hydrogen) atoms. The number of aromatic nitrogens is 2. The van der Waals surface area contributed by atoms with E-state index in [1.165, 1.54) is 44.2 Å². The summed E-state index contributed by atoms with van der Waals surface area (Å²) in [5, 5.41) is 15.8. The van der Waals surface area contributed by atoms with Crippen LogP contribution in [0.2, 0.25) is 0 Å². The van der Waals surface area contributed by atoms with Crippen molar-refractivity contribution in [1.29, 1.82) is 0 Å². The first kappa shape index (κ1) is 24.9. The van der Waals surface area contributed by atoms with Crippen LogP contribution in [0.5, 0.6) is 0 Å². The Morgan fingerprint density at radius 3 is 2.86 bits per heavy atom. The summed E-state index contributed by atoms with van der Waals surface area (Å²) in [6.45, 7) is 6.96. The first-order valence-corrected chi connectivity index (χ1v) is 14.1. The van der Waals surface area contributed by atoms with Crippen LogP contribution in [0.15, 0.2) is 24.4 Å². The molecule has 5 heteroatoms. The molecule has 192 valence electrons. The minimum Gasteiger partial charge on any atom is -0.390 e. The van der Waals surface area contributed by atoms with Crippen molar-refractivity contribution >= 4 is 16.7 Å². The fourth-order valence-corrected chi connectivity index (χ4v) is 8.36. The van der Waals surface area contributed by atoms with Gasteiger partial charge in [0.25, 0.3) is 0 Å². The van der Waals surface area contributed by atoms with Crippen LogP contribution >= 0.6 is 0 Å². The molecule has 0 unspecified atom stereocenters. The molecular weight excluding hydrogens is 439 g/mol. The van der Waals surface area contributed by atoms with Gasteiger partial charge < -0.3 is 5.11 Å². The van der Waals surface area contributed by atoms with E-state index in [4.69, 9.17) is 0 Å². The third-order valence-corrected chi connectivity index (χ3v) is 10.5. The third-order valence-electron chi connectivity index (χ3n) is 10.5. The Kier molecular flexibility index (Phi) is 6.84. The van der Waals surface area contributed by atoms with Crippen LogP contribution in [0.1, 0.15) is 91.4 Å². The lowest BCUT2D eigenvalue weighted by Crippen LogP contribution is -2.53. The standard InChI is InChI=1S/C30H43FN2O2/c1-4-20(28(34)19-33-27-13-11-24(31)16-22(27)18-32-33)8-9-21-6-5-7-26-25(21)12-10-23-17-29(2,35)14-15-30(23,26)3/h11,13,16,18,20-21,23,25-26,35H,4-10,12,14-15,17,19H2,1-3H3/t20-,21+,23-,25+,26+,29-,30+/m1/s1. The maximum atomic E-state index is 13.5. The molecular formula is C30H43FN2O2. The van der Waals surface area contributed by atoms with Crippen LogP contribution in [0.25, 0.3) is 10.9 Å². The Morgan fingerprint density at radius 1 is 1.23 bits per heavy atom. The van der Waals surface area contributed by atoms with E-state index in [2.05, 4.69) is 18.9 Å². The molecule has 3 saturated carbocycles. The number of halogens is 1. The van der Waals surface area contributed by atoms with Crippen molar-refractivity contribution in [2.24, 2.45) is 35.0 Å². The third kappa shape index (κ3) is 4.82. The van der Waals surface area contributed by atoms with Crippen molar-refractivity contribution in [3.63, 3.8) is 0 Å². The van der Waals surface area contributed by atoms with Crippen molar-refractivity contribution in [2.75, 3.05) is 0 Å². The number of ketones is 1. The monoisotopic (exact) mass is 482 g/mol. The van der Waals surface area contributed by atoms with Crippen molar-refractivity contribution in [1.82, 2.24) is 9.78 Å². The number of hydrogen-bond acceptors (Lipinski definition) is 3. The number of fused-ring (bicyclic) bond motifs is 4. The molecule has 3 fully saturated rings. The van der Waals surface area contributed by atoms with Gasteiger partial charge in [-0.2, -0.15) is 5.10 Å². The Hall–Kier alpha value is -1.75. The van der Waals surface area contributed by atoms with E-state index < -0.39 is 5.60 Å². The number of carbonyl (C=O) groups is 1. The number of benzene rings is 1. The van der Waals surface area contributed by atoms with Crippen molar-refractivity contribution < 1.29 is 14.3 Å². The highest BCUT2D eigenvalue weighted by Gasteiger charge is 2.54.